The van der Waals surface area contributed by atoms with Gasteiger partial charge in [0.25, 0.3) is 17.7 Å². The number of piperazine rings is 1. The number of ether oxygens (including phenoxy) is 1. The summed E-state index contributed by atoms with van der Waals surface area (Å²) in [4.78, 5) is 41.4. The van der Waals surface area contributed by atoms with Crippen molar-refractivity contribution in [1.82, 2.24) is 9.80 Å². The van der Waals surface area contributed by atoms with Crippen LogP contribution in [0.4, 0.5) is 5.69 Å². The zero-order valence-electron chi connectivity index (χ0n) is 18.0. The van der Waals surface area contributed by atoms with Gasteiger partial charge in [-0.2, -0.15) is 0 Å². The van der Waals surface area contributed by atoms with E-state index in [4.69, 9.17) is 20.8 Å². The highest BCUT2D eigenvalue weighted by molar-refractivity contribution is 6.32. The number of halogens is 1. The highest BCUT2D eigenvalue weighted by Gasteiger charge is 2.28. The number of nitrogens with one attached hydrogen (secondary N) is 1. The van der Waals surface area contributed by atoms with Gasteiger partial charge in [0.1, 0.15) is 0 Å². The van der Waals surface area contributed by atoms with Gasteiger partial charge in [-0.3, -0.25) is 14.4 Å². The molecule has 3 heterocycles. The van der Waals surface area contributed by atoms with E-state index in [-0.39, 0.29) is 23.3 Å². The van der Waals surface area contributed by atoms with Crippen molar-refractivity contribution >= 4 is 41.1 Å². The number of rotatable bonds is 3. The van der Waals surface area contributed by atoms with Gasteiger partial charge >= 0.3 is 0 Å². The topological polar surface area (TPSA) is 92.1 Å². The van der Waals surface area contributed by atoms with Crippen molar-refractivity contribution in [3.63, 3.8) is 0 Å². The molecule has 9 heteroatoms. The smallest absolute Gasteiger partial charge is 0.291 e. The summed E-state index contributed by atoms with van der Waals surface area (Å²) in [6.07, 6.45) is 3.03. The molecule has 8 nitrogen and oxygen atoms in total. The Bertz CT molecular complexity index is 1290. The van der Waals surface area contributed by atoms with Crippen LogP contribution in [-0.4, -0.2) is 53.7 Å². The van der Waals surface area contributed by atoms with E-state index < -0.39 is 5.91 Å². The lowest BCUT2D eigenvalue weighted by molar-refractivity contribution is -0.115. The normalized spacial score (nSPS) is 16.6. The number of furan rings is 1. The van der Waals surface area contributed by atoms with E-state index in [9.17, 15) is 14.4 Å². The maximum atomic E-state index is 13.0. The van der Waals surface area contributed by atoms with Gasteiger partial charge in [0.05, 0.1) is 12.0 Å². The Morgan fingerprint density at radius 1 is 0.941 bits per heavy atom. The van der Waals surface area contributed by atoms with Crippen LogP contribution in [0.25, 0.3) is 6.08 Å². The summed E-state index contributed by atoms with van der Waals surface area (Å²) in [6.45, 7) is 1.62. The first kappa shape index (κ1) is 21.8. The van der Waals surface area contributed by atoms with Crippen LogP contribution < -0.4 is 10.1 Å². The van der Waals surface area contributed by atoms with Crippen LogP contribution in [0, 0.1) is 0 Å². The minimum absolute atomic E-state index is 0.108. The van der Waals surface area contributed by atoms with Gasteiger partial charge in [-0.25, -0.2) is 0 Å². The number of hydrogen-bond donors (Lipinski definition) is 1. The van der Waals surface area contributed by atoms with Crippen molar-refractivity contribution in [3.8, 4) is 5.75 Å². The Labute approximate surface area is 200 Å². The van der Waals surface area contributed by atoms with E-state index in [0.29, 0.717) is 53.8 Å². The first-order valence-corrected chi connectivity index (χ1v) is 11.1. The number of nitrogens with zero attached hydrogens (tertiary/aromatic N) is 2. The summed E-state index contributed by atoms with van der Waals surface area (Å²) in [6, 6.07) is 15.3. The van der Waals surface area contributed by atoms with Crippen molar-refractivity contribution < 1.29 is 23.5 Å². The van der Waals surface area contributed by atoms with Gasteiger partial charge in [-0.15, -0.1) is 0 Å². The minimum atomic E-state index is -0.429. The van der Waals surface area contributed by atoms with E-state index >= 15 is 0 Å². The third-order valence-electron chi connectivity index (χ3n) is 5.70. The Hall–Kier alpha value is -4.04. The zero-order chi connectivity index (χ0) is 23.7. The highest BCUT2D eigenvalue weighted by atomic mass is 35.5. The molecule has 1 saturated heterocycles. The summed E-state index contributed by atoms with van der Waals surface area (Å²) in [5.41, 5.74) is 1.50. The van der Waals surface area contributed by atoms with Crippen molar-refractivity contribution in [2.24, 2.45) is 0 Å². The summed E-state index contributed by atoms with van der Waals surface area (Å²) in [5.74, 6) is 0.0292. The predicted octanol–water partition coefficient (Wildman–Crippen LogP) is 3.90. The number of carbonyl (C=O) groups excluding carboxylic acids is 3. The molecule has 2 aliphatic heterocycles. The second kappa shape index (κ2) is 9.07. The van der Waals surface area contributed by atoms with Crippen LogP contribution in [0.15, 0.2) is 71.0 Å². The second-order valence-corrected chi connectivity index (χ2v) is 8.27. The van der Waals surface area contributed by atoms with E-state index in [1.54, 1.807) is 64.4 Å². The number of carbonyl (C=O) groups is 3. The Morgan fingerprint density at radius 3 is 2.38 bits per heavy atom. The van der Waals surface area contributed by atoms with Gasteiger partial charge < -0.3 is 24.3 Å². The van der Waals surface area contributed by atoms with Crippen LogP contribution in [0.1, 0.15) is 26.5 Å². The van der Waals surface area contributed by atoms with Gasteiger partial charge in [-0.1, -0.05) is 29.8 Å². The molecule has 1 fully saturated rings. The van der Waals surface area contributed by atoms with Crippen molar-refractivity contribution in [3.05, 3.63) is 88.5 Å². The summed E-state index contributed by atoms with van der Waals surface area (Å²) in [7, 11) is 0. The molecule has 0 aliphatic carbocycles. The lowest BCUT2D eigenvalue weighted by Crippen LogP contribution is -2.50. The fraction of sp³-hybridized carbons (Fsp3) is 0.160. The first-order valence-electron chi connectivity index (χ1n) is 10.7. The highest BCUT2D eigenvalue weighted by Crippen LogP contribution is 2.33. The quantitative estimate of drug-likeness (QED) is 0.577. The van der Waals surface area contributed by atoms with Crippen molar-refractivity contribution in [1.29, 1.82) is 0 Å². The van der Waals surface area contributed by atoms with E-state index in [1.165, 1.54) is 6.26 Å². The van der Waals surface area contributed by atoms with Crippen LogP contribution in [0.3, 0.4) is 0 Å². The SMILES string of the molecule is O=C1Nc2cc(C(=O)N3CCN(C(=O)c4ccco4)CC3)ccc2O/C1=C\c1ccccc1Cl. The molecule has 3 amide bonds. The second-order valence-electron chi connectivity index (χ2n) is 7.86. The van der Waals surface area contributed by atoms with E-state index in [2.05, 4.69) is 5.32 Å². The van der Waals surface area contributed by atoms with Gasteiger partial charge in [-0.05, 0) is 48.0 Å². The van der Waals surface area contributed by atoms with E-state index in [1.807, 2.05) is 6.07 Å². The molecule has 172 valence electrons. The molecular weight excluding hydrogens is 458 g/mol. The monoisotopic (exact) mass is 477 g/mol. The molecule has 0 atom stereocenters. The Balaban J connectivity index is 1.27. The summed E-state index contributed by atoms with van der Waals surface area (Å²) >= 11 is 6.17. The van der Waals surface area contributed by atoms with E-state index in [0.717, 1.165) is 0 Å². The number of amides is 3. The van der Waals surface area contributed by atoms with Gasteiger partial charge in [0.2, 0.25) is 0 Å². The van der Waals surface area contributed by atoms with Gasteiger partial charge in [0.15, 0.2) is 17.3 Å². The van der Waals surface area contributed by atoms with Crippen LogP contribution in [0.5, 0.6) is 5.75 Å². The Kier molecular flexibility index (Phi) is 5.81. The molecule has 2 aliphatic rings. The van der Waals surface area contributed by atoms with Crippen LogP contribution >= 0.6 is 11.6 Å². The average Bonchev–Trinajstić information content (AvgIpc) is 3.40. The molecule has 1 aromatic heterocycles. The predicted molar refractivity (Wildman–Crippen MR) is 126 cm³/mol. The first-order chi connectivity index (χ1) is 16.5. The van der Waals surface area contributed by atoms with Crippen LogP contribution in [0.2, 0.25) is 5.02 Å². The van der Waals surface area contributed by atoms with Crippen LogP contribution in [-0.2, 0) is 4.79 Å². The fourth-order valence-electron chi connectivity index (χ4n) is 3.88. The van der Waals surface area contributed by atoms with Crippen molar-refractivity contribution in [2.45, 2.75) is 0 Å². The molecule has 0 spiro atoms. The number of benzene rings is 2. The lowest BCUT2D eigenvalue weighted by Gasteiger charge is -2.34. The Morgan fingerprint density at radius 2 is 1.68 bits per heavy atom. The molecule has 0 bridgehead atoms. The molecule has 0 unspecified atom stereocenters. The zero-order valence-corrected chi connectivity index (χ0v) is 18.7. The molecule has 2 aromatic carbocycles. The number of anilines is 1. The standard InChI is InChI=1S/C25H20ClN3O5/c26-18-5-2-1-4-16(18)15-22-23(30)27-19-14-17(7-8-20(19)34-22)24(31)28-9-11-29(12-10-28)25(32)21-6-3-13-33-21/h1-8,13-15H,9-12H2,(H,27,30)/b22-15-. The van der Waals surface area contributed by atoms with Crippen molar-refractivity contribution in [2.75, 3.05) is 31.5 Å². The third kappa shape index (κ3) is 4.27. The number of fused-ring (bicyclic) bond motifs is 1. The fourth-order valence-corrected chi connectivity index (χ4v) is 4.07. The summed E-state index contributed by atoms with van der Waals surface area (Å²) < 4.78 is 10.9. The number of hydrogen-bond acceptors (Lipinski definition) is 5. The molecule has 34 heavy (non-hydrogen) atoms. The largest absolute Gasteiger partial charge is 0.459 e. The molecule has 0 saturated carbocycles. The molecular formula is C25H20ClN3O5. The lowest BCUT2D eigenvalue weighted by atomic mass is 10.1. The summed E-state index contributed by atoms with van der Waals surface area (Å²) in [5, 5.41) is 3.28. The maximum Gasteiger partial charge on any atom is 0.291 e. The molecule has 3 aromatic rings. The molecule has 1 N–H and O–H groups in total. The third-order valence-corrected chi connectivity index (χ3v) is 6.04. The average molecular weight is 478 g/mol. The van der Waals surface area contributed by atoms with Gasteiger partial charge in [0, 0.05) is 36.8 Å². The molecule has 5 rings (SSSR count). The maximum absolute atomic E-state index is 13.0. The molecule has 0 radical (unpaired) electrons. The minimum Gasteiger partial charge on any atom is -0.459 e.